The molecule has 30 heavy (non-hydrogen) atoms. The fraction of sp³-hybridized carbons (Fsp3) is 1.00. The van der Waals surface area contributed by atoms with Crippen LogP contribution < -0.4 is 5.73 Å². The summed E-state index contributed by atoms with van der Waals surface area (Å²) < 4.78 is 0. The Morgan fingerprint density at radius 1 is 0.533 bits per heavy atom. The minimum absolute atomic E-state index is 0.858. The van der Waals surface area contributed by atoms with Gasteiger partial charge in [-0.05, 0) is 130 Å². The van der Waals surface area contributed by atoms with Crippen LogP contribution in [0.2, 0.25) is 0 Å². The number of fused-ring (bicyclic) bond motifs is 7. The van der Waals surface area contributed by atoms with E-state index in [0.29, 0.717) is 0 Å². The lowest BCUT2D eigenvalue weighted by molar-refractivity contribution is -0.0791. The molecule has 5 fully saturated rings. The molecule has 0 amide bonds. The van der Waals surface area contributed by atoms with Crippen LogP contribution in [-0.4, -0.2) is 6.54 Å². The third-order valence-electron chi connectivity index (χ3n) is 11.5. The third kappa shape index (κ3) is 4.04. The van der Waals surface area contributed by atoms with Gasteiger partial charge < -0.3 is 5.73 Å². The molecular weight excluding hydrogens is 362 g/mol. The predicted octanol–water partition coefficient (Wildman–Crippen LogP) is 7.83. The Labute approximate surface area is 187 Å². The van der Waals surface area contributed by atoms with E-state index in [1.165, 1.54) is 57.8 Å². The summed E-state index contributed by atoms with van der Waals surface area (Å²) in [6, 6.07) is 0. The highest BCUT2D eigenvalue weighted by Gasteiger charge is 2.55. The Morgan fingerprint density at radius 3 is 1.70 bits per heavy atom. The first kappa shape index (κ1) is 21.8. The molecule has 5 aliphatic carbocycles. The van der Waals surface area contributed by atoms with E-state index in [4.69, 9.17) is 5.73 Å². The monoisotopic (exact) mass is 413 g/mol. The second-order valence-corrected chi connectivity index (χ2v) is 12.5. The van der Waals surface area contributed by atoms with Gasteiger partial charge in [0.05, 0.1) is 0 Å². The zero-order valence-corrected chi connectivity index (χ0v) is 20.1. The lowest BCUT2D eigenvalue weighted by Crippen LogP contribution is -2.49. The minimum atomic E-state index is 0.858. The molecule has 0 radical (unpaired) electrons. The van der Waals surface area contributed by atoms with Gasteiger partial charge in [0.15, 0.2) is 0 Å². The average Bonchev–Trinajstić information content (AvgIpc) is 3.11. The van der Waals surface area contributed by atoms with E-state index in [0.717, 1.165) is 65.7 Å². The fourth-order valence-electron chi connectivity index (χ4n) is 9.54. The third-order valence-corrected chi connectivity index (χ3v) is 11.5. The van der Waals surface area contributed by atoms with Crippen molar-refractivity contribution in [3.05, 3.63) is 0 Å². The van der Waals surface area contributed by atoms with Crippen LogP contribution in [0.5, 0.6) is 0 Å². The molecule has 0 saturated heterocycles. The molecule has 10 unspecified atom stereocenters. The molecule has 10 atom stereocenters. The summed E-state index contributed by atoms with van der Waals surface area (Å²) in [4.78, 5) is 0. The van der Waals surface area contributed by atoms with Crippen LogP contribution in [0.4, 0.5) is 0 Å². The summed E-state index contributed by atoms with van der Waals surface area (Å²) >= 11 is 0. The maximum atomic E-state index is 6.42. The van der Waals surface area contributed by atoms with Gasteiger partial charge in [0.1, 0.15) is 0 Å². The Bertz CT molecular complexity index is 542. The molecule has 0 aromatic heterocycles. The van der Waals surface area contributed by atoms with Crippen molar-refractivity contribution in [3.63, 3.8) is 0 Å². The average molecular weight is 414 g/mol. The lowest BCUT2D eigenvalue weighted by atomic mass is 9.48. The van der Waals surface area contributed by atoms with Gasteiger partial charge in [0, 0.05) is 0 Å². The molecular formula is C29H51N. The second-order valence-electron chi connectivity index (χ2n) is 12.5. The largest absolute Gasteiger partial charge is 0.330 e. The Balaban J connectivity index is 1.30. The van der Waals surface area contributed by atoms with E-state index >= 15 is 0 Å². The van der Waals surface area contributed by atoms with Gasteiger partial charge in [-0.1, -0.05) is 51.9 Å². The van der Waals surface area contributed by atoms with Crippen LogP contribution >= 0.6 is 0 Å². The molecule has 2 N–H and O–H groups in total. The quantitative estimate of drug-likeness (QED) is 0.403. The zero-order chi connectivity index (χ0) is 20.5. The highest BCUT2D eigenvalue weighted by atomic mass is 14.6. The summed E-state index contributed by atoms with van der Waals surface area (Å²) in [5.74, 6) is 10.7. The first-order valence-corrected chi connectivity index (χ1v) is 14.5. The van der Waals surface area contributed by atoms with Crippen LogP contribution in [0.1, 0.15) is 116 Å². The Hall–Kier alpha value is -0.0400. The van der Waals surface area contributed by atoms with E-state index in [-0.39, 0.29) is 0 Å². The van der Waals surface area contributed by atoms with Gasteiger partial charge in [-0.2, -0.15) is 0 Å². The normalized spacial score (nSPS) is 47.4. The number of rotatable bonds is 8. The number of hydrogen-bond acceptors (Lipinski definition) is 1. The maximum absolute atomic E-state index is 6.42. The smallest absolute Gasteiger partial charge is 0.00460 e. The van der Waals surface area contributed by atoms with Gasteiger partial charge in [0.25, 0.3) is 0 Å². The van der Waals surface area contributed by atoms with Crippen molar-refractivity contribution in [1.29, 1.82) is 0 Å². The molecule has 0 bridgehead atoms. The van der Waals surface area contributed by atoms with Crippen LogP contribution in [0.3, 0.4) is 0 Å². The molecule has 1 nitrogen and oxygen atoms in total. The molecule has 5 rings (SSSR count). The van der Waals surface area contributed by atoms with Crippen LogP contribution in [0.25, 0.3) is 0 Å². The van der Waals surface area contributed by atoms with E-state index in [2.05, 4.69) is 6.92 Å². The van der Waals surface area contributed by atoms with E-state index < -0.39 is 0 Å². The van der Waals surface area contributed by atoms with Crippen molar-refractivity contribution >= 4 is 0 Å². The molecule has 0 aliphatic heterocycles. The number of nitrogens with two attached hydrogens (primary N) is 1. The van der Waals surface area contributed by atoms with Gasteiger partial charge in [-0.15, -0.1) is 0 Å². The van der Waals surface area contributed by atoms with E-state index in [1.54, 1.807) is 51.4 Å². The second kappa shape index (κ2) is 9.84. The van der Waals surface area contributed by atoms with E-state index in [1.807, 2.05) is 0 Å². The first-order chi connectivity index (χ1) is 14.8. The molecule has 0 aromatic carbocycles. The molecule has 1 heteroatoms. The minimum Gasteiger partial charge on any atom is -0.330 e. The van der Waals surface area contributed by atoms with Gasteiger partial charge in [-0.3, -0.25) is 0 Å². The SMILES string of the molecule is CCCCCCCCC1CCC2CCC2C2CCC2C2CCC2C2CCC(CN)C12. The van der Waals surface area contributed by atoms with Crippen LogP contribution in [0, 0.1) is 59.2 Å². The van der Waals surface area contributed by atoms with Gasteiger partial charge in [-0.25, -0.2) is 0 Å². The Morgan fingerprint density at radius 2 is 1.07 bits per heavy atom. The maximum Gasteiger partial charge on any atom is -0.00460 e. The molecule has 172 valence electrons. The molecule has 5 saturated carbocycles. The first-order valence-electron chi connectivity index (χ1n) is 14.5. The summed E-state index contributed by atoms with van der Waals surface area (Å²) in [6.45, 7) is 3.31. The standard InChI is InChI=1S/C29H51N/c1-2-3-4-5-6-7-8-21-10-9-20-11-13-23(20)24-15-16-25(24)26-17-18-27(26)28-14-12-22(19-30)29(21)28/h20-29H,2-19,30H2,1H3. The molecule has 0 heterocycles. The molecule has 0 spiro atoms. The predicted molar refractivity (Wildman–Crippen MR) is 128 cm³/mol. The molecule has 0 aromatic rings. The summed E-state index contributed by atoms with van der Waals surface area (Å²) in [6.07, 6.45) is 25.9. The topological polar surface area (TPSA) is 26.0 Å². The van der Waals surface area contributed by atoms with Crippen molar-refractivity contribution in [2.24, 2.45) is 64.9 Å². The molecule has 5 aliphatic rings. The summed E-state index contributed by atoms with van der Waals surface area (Å²) in [5, 5.41) is 0. The Kier molecular flexibility index (Phi) is 7.15. The zero-order valence-electron chi connectivity index (χ0n) is 20.1. The van der Waals surface area contributed by atoms with Crippen molar-refractivity contribution in [2.75, 3.05) is 6.54 Å². The van der Waals surface area contributed by atoms with Crippen LogP contribution in [0.15, 0.2) is 0 Å². The van der Waals surface area contributed by atoms with E-state index in [9.17, 15) is 0 Å². The van der Waals surface area contributed by atoms with Crippen molar-refractivity contribution in [2.45, 2.75) is 116 Å². The van der Waals surface area contributed by atoms with Crippen molar-refractivity contribution in [3.8, 4) is 0 Å². The lowest BCUT2D eigenvalue weighted by Gasteiger charge is -2.57. The van der Waals surface area contributed by atoms with Crippen molar-refractivity contribution < 1.29 is 0 Å². The number of hydrogen-bond donors (Lipinski definition) is 1. The number of unbranched alkanes of at least 4 members (excludes halogenated alkanes) is 5. The highest BCUT2D eigenvalue weighted by Crippen LogP contribution is 2.63. The van der Waals surface area contributed by atoms with Gasteiger partial charge in [0.2, 0.25) is 0 Å². The fourth-order valence-corrected chi connectivity index (χ4v) is 9.54. The highest BCUT2D eigenvalue weighted by molar-refractivity contribution is 5.04. The summed E-state index contributed by atoms with van der Waals surface area (Å²) in [7, 11) is 0. The van der Waals surface area contributed by atoms with Crippen molar-refractivity contribution in [1.82, 2.24) is 0 Å². The van der Waals surface area contributed by atoms with Gasteiger partial charge >= 0.3 is 0 Å². The van der Waals surface area contributed by atoms with Crippen LogP contribution in [-0.2, 0) is 0 Å². The summed E-state index contributed by atoms with van der Waals surface area (Å²) in [5.41, 5.74) is 6.42.